The van der Waals surface area contributed by atoms with Crippen molar-refractivity contribution in [2.24, 2.45) is 0 Å². The Kier molecular flexibility index (Phi) is 6.49. The van der Waals surface area contributed by atoms with Crippen LogP contribution in [0.2, 0.25) is 0 Å². The minimum absolute atomic E-state index is 1.99. The molecule has 0 fully saturated rings. The summed E-state index contributed by atoms with van der Waals surface area (Å²) in [7, 11) is 0. The summed E-state index contributed by atoms with van der Waals surface area (Å²) in [4.78, 5) is 10.9. The lowest BCUT2D eigenvalue weighted by Crippen LogP contribution is -2.56. The molecule has 0 saturated carbocycles. The highest BCUT2D eigenvalue weighted by Crippen LogP contribution is 2.51. The zero-order valence-corrected chi connectivity index (χ0v) is 11.7. The second-order valence-electron chi connectivity index (χ2n) is 4.64. The van der Waals surface area contributed by atoms with E-state index in [0.717, 1.165) is 0 Å². The van der Waals surface area contributed by atoms with Crippen molar-refractivity contribution in [2.75, 3.05) is 6.61 Å². The third kappa shape index (κ3) is 5.99. The predicted molar refractivity (Wildman–Crippen MR) is 56.3 cm³/mol. The van der Waals surface area contributed by atoms with Crippen molar-refractivity contribution in [1.82, 2.24) is 0 Å². The van der Waals surface area contributed by atoms with E-state index in [1.165, 1.54) is 0 Å². The van der Waals surface area contributed by atoms with E-state index >= 15 is 0 Å². The molecular formula is C11H8F12O2. The maximum atomic E-state index is 13.4. The fourth-order valence-electron chi connectivity index (χ4n) is 1.24. The van der Waals surface area contributed by atoms with E-state index in [4.69, 9.17) is 0 Å². The van der Waals surface area contributed by atoms with Crippen LogP contribution < -0.4 is 0 Å². The zero-order chi connectivity index (χ0) is 20.5. The monoisotopic (exact) mass is 400 g/mol. The first-order valence-corrected chi connectivity index (χ1v) is 5.88. The zero-order valence-electron chi connectivity index (χ0n) is 11.7. The highest BCUT2D eigenvalue weighted by Gasteiger charge is 2.73. The van der Waals surface area contributed by atoms with Gasteiger partial charge >= 0.3 is 36.1 Å². The number of esters is 1. The molecule has 0 aliphatic heterocycles. The molecule has 0 saturated heterocycles. The Morgan fingerprint density at radius 3 is 1.56 bits per heavy atom. The number of carbonyl (C=O) groups excluding carboxylic acids is 1. The Labute approximate surface area is 131 Å². The molecule has 0 atom stereocenters. The van der Waals surface area contributed by atoms with Crippen LogP contribution in [0.1, 0.15) is 12.8 Å². The predicted octanol–water partition coefficient (Wildman–Crippen LogP) is 4.90. The van der Waals surface area contributed by atoms with Gasteiger partial charge in [0.1, 0.15) is 5.57 Å². The molecule has 0 aliphatic carbocycles. The van der Waals surface area contributed by atoms with Gasteiger partial charge in [0.25, 0.3) is 0 Å². The van der Waals surface area contributed by atoms with Crippen molar-refractivity contribution < 1.29 is 62.2 Å². The van der Waals surface area contributed by atoms with Gasteiger partial charge < -0.3 is 4.74 Å². The van der Waals surface area contributed by atoms with Gasteiger partial charge in [-0.15, -0.1) is 0 Å². The molecule has 0 heterocycles. The average molecular weight is 400 g/mol. The molecule has 25 heavy (non-hydrogen) atoms. The highest BCUT2D eigenvalue weighted by molar-refractivity contribution is 5.90. The molecule has 0 amide bonds. The van der Waals surface area contributed by atoms with Crippen LogP contribution >= 0.6 is 0 Å². The molecule has 0 aromatic heterocycles. The quantitative estimate of drug-likeness (QED) is 0.346. The number of carbonyl (C=O) groups is 1. The van der Waals surface area contributed by atoms with Crippen LogP contribution in [-0.2, 0) is 9.53 Å². The molecule has 2 nitrogen and oxygen atoms in total. The molecule has 0 unspecified atom stereocenters. The molecule has 0 radical (unpaired) electrons. The summed E-state index contributed by atoms with van der Waals surface area (Å²) in [5.74, 6) is -21.5. The van der Waals surface area contributed by atoms with Crippen molar-refractivity contribution in [3.05, 3.63) is 12.2 Å². The van der Waals surface area contributed by atoms with Crippen LogP contribution in [0.5, 0.6) is 0 Å². The van der Waals surface area contributed by atoms with Crippen LogP contribution in [0.25, 0.3) is 0 Å². The topological polar surface area (TPSA) is 26.3 Å². The Hall–Kier alpha value is -1.63. The molecule has 0 bridgehead atoms. The molecule has 0 aromatic rings. The normalized spacial score (nSPS) is 14.4. The van der Waals surface area contributed by atoms with Gasteiger partial charge in [0.05, 0.1) is 0 Å². The smallest absolute Gasteiger partial charge is 0.422 e. The number of rotatable bonds is 7. The Morgan fingerprint density at radius 1 is 0.760 bits per heavy atom. The largest absolute Gasteiger partial charge is 0.453 e. The second-order valence-corrected chi connectivity index (χ2v) is 4.64. The molecule has 0 aliphatic rings. The van der Waals surface area contributed by atoms with Gasteiger partial charge in [-0.25, -0.2) is 4.79 Å². The maximum absolute atomic E-state index is 13.4. The third-order valence-corrected chi connectivity index (χ3v) is 2.57. The van der Waals surface area contributed by atoms with Crippen molar-refractivity contribution in [3.63, 3.8) is 0 Å². The molecule has 14 heteroatoms. The number of ether oxygens (including phenoxy) is 1. The van der Waals surface area contributed by atoms with E-state index in [9.17, 15) is 57.5 Å². The minimum Gasteiger partial charge on any atom is -0.453 e. The number of hydrogen-bond acceptors (Lipinski definition) is 2. The standard InChI is InChI=1S/C11H8F12O2/c1-5(6(24)25-4-9(17,18)19)10(20,21)11(22,23)7(12,13)2-3-8(14,15)16/h1-4H2. The maximum Gasteiger partial charge on any atom is 0.422 e. The number of hydrogen-bond donors (Lipinski definition) is 0. The van der Waals surface area contributed by atoms with Gasteiger partial charge in [0, 0.05) is 12.8 Å². The molecular weight excluding hydrogens is 392 g/mol. The van der Waals surface area contributed by atoms with Crippen molar-refractivity contribution >= 4 is 5.97 Å². The molecule has 0 spiro atoms. The van der Waals surface area contributed by atoms with Crippen LogP contribution in [0.15, 0.2) is 12.2 Å². The van der Waals surface area contributed by atoms with Gasteiger partial charge in [-0.3, -0.25) is 0 Å². The Bertz CT molecular complexity index is 502. The van der Waals surface area contributed by atoms with E-state index in [1.807, 2.05) is 6.58 Å². The molecule has 0 N–H and O–H groups in total. The van der Waals surface area contributed by atoms with E-state index in [1.54, 1.807) is 0 Å². The van der Waals surface area contributed by atoms with Crippen LogP contribution in [0.4, 0.5) is 52.7 Å². The first-order valence-electron chi connectivity index (χ1n) is 5.88. The summed E-state index contributed by atoms with van der Waals surface area (Å²) < 4.78 is 153. The summed E-state index contributed by atoms with van der Waals surface area (Å²) in [5, 5.41) is 0. The van der Waals surface area contributed by atoms with Crippen molar-refractivity contribution in [3.8, 4) is 0 Å². The lowest BCUT2D eigenvalue weighted by molar-refractivity contribution is -0.302. The lowest BCUT2D eigenvalue weighted by atomic mass is 9.95. The molecule has 0 rings (SSSR count). The van der Waals surface area contributed by atoms with Gasteiger partial charge in [0.2, 0.25) is 0 Å². The highest BCUT2D eigenvalue weighted by atomic mass is 19.4. The summed E-state index contributed by atoms with van der Waals surface area (Å²) >= 11 is 0. The second kappa shape index (κ2) is 6.94. The lowest BCUT2D eigenvalue weighted by Gasteiger charge is -2.33. The molecule has 148 valence electrons. The van der Waals surface area contributed by atoms with E-state index in [-0.39, 0.29) is 0 Å². The van der Waals surface area contributed by atoms with Crippen LogP contribution in [0.3, 0.4) is 0 Å². The van der Waals surface area contributed by atoms with Crippen LogP contribution in [-0.4, -0.2) is 42.7 Å². The third-order valence-electron chi connectivity index (χ3n) is 2.57. The van der Waals surface area contributed by atoms with E-state index in [2.05, 4.69) is 4.74 Å². The summed E-state index contributed by atoms with van der Waals surface area (Å²) in [6, 6.07) is 0. The Morgan fingerprint density at radius 2 is 1.20 bits per heavy atom. The molecule has 0 aromatic carbocycles. The van der Waals surface area contributed by atoms with E-state index < -0.39 is 61.1 Å². The number of alkyl halides is 12. The average Bonchev–Trinajstić information content (AvgIpc) is 2.39. The van der Waals surface area contributed by atoms with Crippen molar-refractivity contribution in [1.29, 1.82) is 0 Å². The van der Waals surface area contributed by atoms with E-state index in [0.29, 0.717) is 0 Å². The fourth-order valence-corrected chi connectivity index (χ4v) is 1.24. The Balaban J connectivity index is 5.36. The SMILES string of the molecule is C=C(C(=O)OCC(F)(F)F)C(F)(F)C(F)(F)C(F)(F)CCC(F)(F)F. The van der Waals surface area contributed by atoms with Crippen LogP contribution in [0, 0.1) is 0 Å². The summed E-state index contributed by atoms with van der Waals surface area (Å²) in [5.41, 5.74) is -2.77. The van der Waals surface area contributed by atoms with Gasteiger partial charge in [0.15, 0.2) is 6.61 Å². The first-order chi connectivity index (χ1) is 10.7. The summed E-state index contributed by atoms with van der Waals surface area (Å²) in [6.45, 7) is -0.515. The minimum atomic E-state index is -6.56. The first kappa shape index (κ1) is 23.4. The number of halogens is 12. The van der Waals surface area contributed by atoms with Gasteiger partial charge in [-0.05, 0) is 0 Å². The fraction of sp³-hybridized carbons (Fsp3) is 0.727. The van der Waals surface area contributed by atoms with Crippen molar-refractivity contribution in [2.45, 2.75) is 43.0 Å². The summed E-state index contributed by atoms with van der Waals surface area (Å²) in [6.07, 6.45) is -15.9. The van der Waals surface area contributed by atoms with Gasteiger partial charge in [-0.2, -0.15) is 52.7 Å². The van der Waals surface area contributed by atoms with Gasteiger partial charge in [-0.1, -0.05) is 6.58 Å².